The van der Waals surface area contributed by atoms with Crippen molar-refractivity contribution in [3.05, 3.63) is 33.6 Å². The maximum absolute atomic E-state index is 5.67. The minimum Gasteiger partial charge on any atom is -0.451 e. The Morgan fingerprint density at radius 3 is 2.80 bits per heavy atom. The first-order valence-electron chi connectivity index (χ1n) is 4.68. The molecule has 0 spiro atoms. The van der Waals surface area contributed by atoms with Gasteiger partial charge >= 0.3 is 0 Å². The summed E-state index contributed by atoms with van der Waals surface area (Å²) in [5, 5.41) is 3.30. The second kappa shape index (κ2) is 6.48. The van der Waals surface area contributed by atoms with Crippen molar-refractivity contribution in [1.82, 2.24) is 5.32 Å². The lowest BCUT2D eigenvalue weighted by atomic mass is 10.2. The fraction of sp³-hybridized carbons (Fsp3) is 0.400. The zero-order valence-electron chi connectivity index (χ0n) is 8.30. The molecule has 1 unspecified atom stereocenters. The summed E-state index contributed by atoms with van der Waals surface area (Å²) >= 11 is 6.67. The van der Waals surface area contributed by atoms with Crippen molar-refractivity contribution in [2.24, 2.45) is 5.73 Å². The number of halogens is 2. The Labute approximate surface area is 106 Å². The van der Waals surface area contributed by atoms with Gasteiger partial charge in [0, 0.05) is 6.54 Å². The highest BCUT2D eigenvalue weighted by Gasteiger charge is 2.15. The van der Waals surface area contributed by atoms with Crippen LogP contribution in [-0.4, -0.2) is 13.1 Å². The molecule has 15 heavy (non-hydrogen) atoms. The zero-order chi connectivity index (χ0) is 11.3. The third kappa shape index (κ3) is 3.75. The van der Waals surface area contributed by atoms with Crippen LogP contribution in [0.2, 0.25) is 0 Å². The van der Waals surface area contributed by atoms with Crippen LogP contribution in [0.1, 0.15) is 18.2 Å². The molecule has 0 aliphatic carbocycles. The number of nitrogens with one attached hydrogen (secondary N) is 1. The maximum Gasteiger partial charge on any atom is 0.183 e. The summed E-state index contributed by atoms with van der Waals surface area (Å²) in [6.45, 7) is 5.02. The topological polar surface area (TPSA) is 51.2 Å². The van der Waals surface area contributed by atoms with E-state index in [-0.39, 0.29) is 6.04 Å². The molecule has 0 aliphatic rings. The molecule has 5 heteroatoms. The summed E-state index contributed by atoms with van der Waals surface area (Å²) in [6, 6.07) is 1.97. The predicted octanol–water partition coefficient (Wildman–Crippen LogP) is 2.97. The van der Waals surface area contributed by atoms with E-state index in [1.54, 1.807) is 0 Å². The average Bonchev–Trinajstić information content (AvgIpc) is 2.54. The lowest BCUT2D eigenvalue weighted by molar-refractivity contribution is 0.408. The summed E-state index contributed by atoms with van der Waals surface area (Å²) in [7, 11) is 0. The Kier molecular flexibility index (Phi) is 5.60. The van der Waals surface area contributed by atoms with Gasteiger partial charge in [0.15, 0.2) is 4.67 Å². The highest BCUT2D eigenvalue weighted by atomic mass is 79.9. The van der Waals surface area contributed by atoms with Gasteiger partial charge < -0.3 is 15.5 Å². The lowest BCUT2D eigenvalue weighted by Gasteiger charge is -2.13. The molecule has 1 aromatic heterocycles. The predicted molar refractivity (Wildman–Crippen MR) is 68.7 cm³/mol. The first kappa shape index (κ1) is 13.0. The van der Waals surface area contributed by atoms with E-state index in [2.05, 4.69) is 43.8 Å². The summed E-state index contributed by atoms with van der Waals surface area (Å²) in [6.07, 6.45) is 2.79. The quantitative estimate of drug-likeness (QED) is 0.619. The van der Waals surface area contributed by atoms with Gasteiger partial charge in [-0.25, -0.2) is 0 Å². The van der Waals surface area contributed by atoms with E-state index >= 15 is 0 Å². The minimum atomic E-state index is 0.0487. The van der Waals surface area contributed by atoms with Crippen LogP contribution in [0.25, 0.3) is 0 Å². The monoisotopic (exact) mass is 336 g/mol. The number of rotatable bonds is 6. The van der Waals surface area contributed by atoms with Crippen LogP contribution in [0.5, 0.6) is 0 Å². The third-order valence-electron chi connectivity index (χ3n) is 1.98. The highest BCUT2D eigenvalue weighted by molar-refractivity contribution is 9.13. The SMILES string of the molecule is C=CCCNC(CN)c1cc(Br)c(Br)o1. The van der Waals surface area contributed by atoms with Crippen LogP contribution < -0.4 is 11.1 Å². The molecule has 1 aromatic rings. The van der Waals surface area contributed by atoms with Gasteiger partial charge in [0.2, 0.25) is 0 Å². The fourth-order valence-electron chi connectivity index (χ4n) is 1.19. The maximum atomic E-state index is 5.67. The van der Waals surface area contributed by atoms with Crippen molar-refractivity contribution in [2.75, 3.05) is 13.1 Å². The van der Waals surface area contributed by atoms with Gasteiger partial charge in [0.1, 0.15) is 5.76 Å². The van der Waals surface area contributed by atoms with E-state index in [4.69, 9.17) is 10.2 Å². The van der Waals surface area contributed by atoms with Crippen molar-refractivity contribution >= 4 is 31.9 Å². The minimum absolute atomic E-state index is 0.0487. The first-order valence-corrected chi connectivity index (χ1v) is 6.26. The van der Waals surface area contributed by atoms with E-state index in [0.717, 1.165) is 23.2 Å². The van der Waals surface area contributed by atoms with Crippen molar-refractivity contribution in [1.29, 1.82) is 0 Å². The Bertz CT molecular complexity index is 306. The van der Waals surface area contributed by atoms with Gasteiger partial charge in [-0.15, -0.1) is 6.58 Å². The molecule has 0 fully saturated rings. The van der Waals surface area contributed by atoms with Crippen molar-refractivity contribution in [3.8, 4) is 0 Å². The molecule has 1 atom stereocenters. The van der Waals surface area contributed by atoms with Gasteiger partial charge in [-0.1, -0.05) is 6.08 Å². The molecular formula is C10H14Br2N2O. The second-order valence-corrected chi connectivity index (χ2v) is 4.66. The third-order valence-corrected chi connectivity index (χ3v) is 3.69. The van der Waals surface area contributed by atoms with Gasteiger partial charge in [-0.3, -0.25) is 0 Å². The van der Waals surface area contributed by atoms with Crippen LogP contribution in [0.4, 0.5) is 0 Å². The lowest BCUT2D eigenvalue weighted by Crippen LogP contribution is -2.28. The summed E-state index contributed by atoms with van der Waals surface area (Å²) in [5.74, 6) is 0.834. The molecule has 1 rings (SSSR count). The number of hydrogen-bond acceptors (Lipinski definition) is 3. The molecule has 0 radical (unpaired) electrons. The van der Waals surface area contributed by atoms with Crippen LogP contribution >= 0.6 is 31.9 Å². The Hall–Kier alpha value is -0.100. The van der Waals surface area contributed by atoms with Crippen LogP contribution in [0.3, 0.4) is 0 Å². The largest absolute Gasteiger partial charge is 0.451 e. The van der Waals surface area contributed by atoms with Crippen LogP contribution in [-0.2, 0) is 0 Å². The Morgan fingerprint density at radius 2 is 2.33 bits per heavy atom. The molecule has 0 amide bonds. The molecule has 3 nitrogen and oxygen atoms in total. The summed E-state index contributed by atoms with van der Waals surface area (Å²) < 4.78 is 7.10. The molecule has 0 aliphatic heterocycles. The van der Waals surface area contributed by atoms with E-state index in [0.29, 0.717) is 11.2 Å². The second-order valence-electron chi connectivity index (χ2n) is 3.09. The van der Waals surface area contributed by atoms with Crippen molar-refractivity contribution in [3.63, 3.8) is 0 Å². The van der Waals surface area contributed by atoms with Gasteiger partial charge in [-0.05, 0) is 50.9 Å². The van der Waals surface area contributed by atoms with Crippen LogP contribution in [0, 0.1) is 0 Å². The van der Waals surface area contributed by atoms with E-state index in [1.165, 1.54) is 0 Å². The fourth-order valence-corrected chi connectivity index (χ4v) is 1.80. The standard InChI is InChI=1S/C10H14Br2N2O/c1-2-3-4-14-8(6-13)9-5-7(11)10(12)15-9/h2,5,8,14H,1,3-4,6,13H2. The molecule has 0 saturated carbocycles. The number of furan rings is 1. The summed E-state index contributed by atoms with van der Waals surface area (Å²) in [5.41, 5.74) is 5.67. The Balaban J connectivity index is 2.61. The number of nitrogens with two attached hydrogens (primary N) is 1. The van der Waals surface area contributed by atoms with Gasteiger partial charge in [0.05, 0.1) is 10.5 Å². The molecule has 84 valence electrons. The molecule has 1 heterocycles. The highest BCUT2D eigenvalue weighted by Crippen LogP contribution is 2.29. The zero-order valence-corrected chi connectivity index (χ0v) is 11.5. The number of hydrogen-bond donors (Lipinski definition) is 2. The average molecular weight is 338 g/mol. The van der Waals surface area contributed by atoms with Crippen molar-refractivity contribution < 1.29 is 4.42 Å². The van der Waals surface area contributed by atoms with E-state index in [1.807, 2.05) is 12.1 Å². The van der Waals surface area contributed by atoms with Gasteiger partial charge in [-0.2, -0.15) is 0 Å². The molecule has 0 bridgehead atoms. The van der Waals surface area contributed by atoms with Gasteiger partial charge in [0.25, 0.3) is 0 Å². The smallest absolute Gasteiger partial charge is 0.183 e. The molecule has 0 saturated heterocycles. The van der Waals surface area contributed by atoms with E-state index in [9.17, 15) is 0 Å². The molecular weight excluding hydrogens is 324 g/mol. The Morgan fingerprint density at radius 1 is 1.60 bits per heavy atom. The normalized spacial score (nSPS) is 12.7. The van der Waals surface area contributed by atoms with Crippen LogP contribution in [0.15, 0.2) is 32.3 Å². The van der Waals surface area contributed by atoms with E-state index < -0.39 is 0 Å². The summed E-state index contributed by atoms with van der Waals surface area (Å²) in [4.78, 5) is 0. The van der Waals surface area contributed by atoms with Crippen molar-refractivity contribution in [2.45, 2.75) is 12.5 Å². The molecule has 3 N–H and O–H groups in total. The first-order chi connectivity index (χ1) is 7.19. The molecule has 0 aromatic carbocycles.